The summed E-state index contributed by atoms with van der Waals surface area (Å²) in [4.78, 5) is 38.8. The predicted octanol–water partition coefficient (Wildman–Crippen LogP) is 2.86. The van der Waals surface area contributed by atoms with Gasteiger partial charge in [-0.3, -0.25) is 14.5 Å². The largest absolute Gasteiger partial charge is 0.348 e. The number of amides is 4. The molecule has 2 N–H and O–H groups in total. The average molecular weight is 383 g/mol. The van der Waals surface area contributed by atoms with Gasteiger partial charge in [0.25, 0.3) is 5.91 Å². The van der Waals surface area contributed by atoms with E-state index in [1.165, 1.54) is 12.1 Å². The lowest BCUT2D eigenvalue weighted by atomic mass is 9.87. The van der Waals surface area contributed by atoms with Gasteiger partial charge in [0.15, 0.2) is 0 Å². The van der Waals surface area contributed by atoms with Gasteiger partial charge in [0.2, 0.25) is 5.91 Å². The molecule has 0 spiro atoms. The van der Waals surface area contributed by atoms with Crippen LogP contribution in [0.2, 0.25) is 0 Å². The van der Waals surface area contributed by atoms with E-state index in [-0.39, 0.29) is 18.4 Å². The number of imide groups is 1. The molecule has 0 aromatic heterocycles. The first-order valence-electron chi connectivity index (χ1n) is 9.12. The Bertz CT molecular complexity index is 886. The molecule has 2 aromatic carbocycles. The second-order valence-electron chi connectivity index (χ2n) is 6.79. The molecule has 28 heavy (non-hydrogen) atoms. The first kappa shape index (κ1) is 19.5. The highest BCUT2D eigenvalue weighted by Gasteiger charge is 2.51. The highest BCUT2D eigenvalue weighted by atomic mass is 19.1. The van der Waals surface area contributed by atoms with Crippen LogP contribution in [0.25, 0.3) is 0 Å². The van der Waals surface area contributed by atoms with Crippen LogP contribution in [0, 0.1) is 5.82 Å². The fourth-order valence-corrected chi connectivity index (χ4v) is 3.40. The van der Waals surface area contributed by atoms with Crippen LogP contribution in [-0.4, -0.2) is 29.3 Å². The Kier molecular flexibility index (Phi) is 5.44. The van der Waals surface area contributed by atoms with E-state index in [2.05, 4.69) is 10.6 Å². The lowest BCUT2D eigenvalue weighted by molar-refractivity contribution is -0.135. The third kappa shape index (κ3) is 3.60. The number of urea groups is 1. The fourth-order valence-electron chi connectivity index (χ4n) is 3.40. The number of halogens is 1. The summed E-state index contributed by atoms with van der Waals surface area (Å²) in [6.45, 7) is 3.17. The molecule has 0 radical (unpaired) electrons. The zero-order valence-electron chi connectivity index (χ0n) is 15.7. The van der Waals surface area contributed by atoms with Gasteiger partial charge in [0.1, 0.15) is 17.9 Å². The van der Waals surface area contributed by atoms with Crippen LogP contribution in [-0.2, 0) is 15.1 Å². The van der Waals surface area contributed by atoms with E-state index in [9.17, 15) is 18.8 Å². The number of rotatable bonds is 6. The third-order valence-corrected chi connectivity index (χ3v) is 5.02. The van der Waals surface area contributed by atoms with E-state index in [0.29, 0.717) is 12.0 Å². The standard InChI is InChI=1S/C21H22FN3O3/c1-3-21(16-7-5-4-6-8-16)19(27)25(20(28)24-21)13-18(26)23-14(2)15-9-11-17(22)12-10-15/h4-12,14H,3,13H2,1-2H3,(H,23,26)(H,24,28)/t14-,21+/m0/s1. The van der Waals surface area contributed by atoms with Crippen molar-refractivity contribution in [1.82, 2.24) is 15.5 Å². The van der Waals surface area contributed by atoms with Crippen LogP contribution in [0.5, 0.6) is 0 Å². The molecule has 7 heteroatoms. The Morgan fingerprint density at radius 2 is 1.79 bits per heavy atom. The summed E-state index contributed by atoms with van der Waals surface area (Å²) >= 11 is 0. The molecule has 146 valence electrons. The molecule has 2 atom stereocenters. The normalized spacial score (nSPS) is 20.0. The number of hydrogen-bond donors (Lipinski definition) is 2. The minimum atomic E-state index is -1.17. The van der Waals surface area contributed by atoms with Gasteiger partial charge in [0, 0.05) is 0 Å². The summed E-state index contributed by atoms with van der Waals surface area (Å²) < 4.78 is 13.0. The zero-order chi connectivity index (χ0) is 20.3. The summed E-state index contributed by atoms with van der Waals surface area (Å²) in [5.74, 6) is -1.28. The second kappa shape index (κ2) is 7.80. The summed E-state index contributed by atoms with van der Waals surface area (Å²) in [6.07, 6.45) is 0.367. The first-order chi connectivity index (χ1) is 13.4. The Morgan fingerprint density at radius 1 is 1.14 bits per heavy atom. The molecule has 0 bridgehead atoms. The van der Waals surface area contributed by atoms with Gasteiger partial charge in [-0.15, -0.1) is 0 Å². The first-order valence-corrected chi connectivity index (χ1v) is 9.12. The van der Waals surface area contributed by atoms with Crippen molar-refractivity contribution in [2.45, 2.75) is 31.8 Å². The van der Waals surface area contributed by atoms with Crippen molar-refractivity contribution in [3.63, 3.8) is 0 Å². The van der Waals surface area contributed by atoms with E-state index in [0.717, 1.165) is 10.5 Å². The molecule has 1 aliphatic rings. The summed E-state index contributed by atoms with van der Waals surface area (Å²) in [5.41, 5.74) is 0.235. The highest BCUT2D eigenvalue weighted by Crippen LogP contribution is 2.32. The third-order valence-electron chi connectivity index (χ3n) is 5.02. The van der Waals surface area contributed by atoms with Crippen molar-refractivity contribution in [3.05, 3.63) is 71.5 Å². The Labute approximate surface area is 162 Å². The monoisotopic (exact) mass is 383 g/mol. The van der Waals surface area contributed by atoms with E-state index in [1.54, 1.807) is 43.3 Å². The van der Waals surface area contributed by atoms with Crippen LogP contribution in [0.15, 0.2) is 54.6 Å². The van der Waals surface area contributed by atoms with Crippen LogP contribution >= 0.6 is 0 Å². The minimum absolute atomic E-state index is 0.363. The van der Waals surface area contributed by atoms with E-state index >= 15 is 0 Å². The quantitative estimate of drug-likeness (QED) is 0.753. The predicted molar refractivity (Wildman–Crippen MR) is 102 cm³/mol. The summed E-state index contributed by atoms with van der Waals surface area (Å²) in [5, 5.41) is 5.48. The Hall–Kier alpha value is -3.22. The Morgan fingerprint density at radius 3 is 2.39 bits per heavy atom. The smallest absolute Gasteiger partial charge is 0.325 e. The number of nitrogens with zero attached hydrogens (tertiary/aromatic N) is 1. The van der Waals surface area contributed by atoms with Crippen molar-refractivity contribution < 1.29 is 18.8 Å². The maximum Gasteiger partial charge on any atom is 0.325 e. The highest BCUT2D eigenvalue weighted by molar-refractivity contribution is 6.09. The lowest BCUT2D eigenvalue weighted by Crippen LogP contribution is -2.45. The van der Waals surface area contributed by atoms with Crippen molar-refractivity contribution >= 4 is 17.8 Å². The molecule has 1 saturated heterocycles. The molecular formula is C21H22FN3O3. The number of benzene rings is 2. The van der Waals surface area contributed by atoms with E-state index in [4.69, 9.17) is 0 Å². The molecule has 6 nitrogen and oxygen atoms in total. The van der Waals surface area contributed by atoms with Gasteiger partial charge in [0.05, 0.1) is 6.04 Å². The van der Waals surface area contributed by atoms with Gasteiger partial charge in [-0.2, -0.15) is 0 Å². The topological polar surface area (TPSA) is 78.5 Å². The molecule has 2 aromatic rings. The number of nitrogens with one attached hydrogen (secondary N) is 2. The van der Waals surface area contributed by atoms with Gasteiger partial charge >= 0.3 is 6.03 Å². The van der Waals surface area contributed by atoms with Gasteiger partial charge in [-0.1, -0.05) is 49.4 Å². The van der Waals surface area contributed by atoms with Crippen LogP contribution in [0.4, 0.5) is 9.18 Å². The fraction of sp³-hybridized carbons (Fsp3) is 0.286. The molecule has 1 fully saturated rings. The van der Waals surface area contributed by atoms with Gasteiger partial charge in [-0.25, -0.2) is 9.18 Å². The van der Waals surface area contributed by atoms with Crippen LogP contribution in [0.1, 0.15) is 37.4 Å². The molecule has 4 amide bonds. The maximum absolute atomic E-state index is 13.0. The summed E-state index contributed by atoms with van der Waals surface area (Å²) in [6, 6.07) is 13.8. The van der Waals surface area contributed by atoms with Crippen molar-refractivity contribution in [2.75, 3.05) is 6.54 Å². The number of hydrogen-bond acceptors (Lipinski definition) is 3. The molecule has 1 aliphatic heterocycles. The average Bonchev–Trinajstić information content (AvgIpc) is 2.94. The maximum atomic E-state index is 13.0. The molecular weight excluding hydrogens is 361 g/mol. The summed E-state index contributed by atoms with van der Waals surface area (Å²) in [7, 11) is 0. The Balaban J connectivity index is 1.72. The minimum Gasteiger partial charge on any atom is -0.348 e. The van der Waals surface area contributed by atoms with Gasteiger partial charge in [-0.05, 0) is 36.6 Å². The molecule has 0 saturated carbocycles. The molecule has 0 aliphatic carbocycles. The SMILES string of the molecule is CC[C@]1(c2ccccc2)NC(=O)N(CC(=O)N[C@@H](C)c2ccc(F)cc2)C1=O. The van der Waals surface area contributed by atoms with Crippen molar-refractivity contribution in [3.8, 4) is 0 Å². The van der Waals surface area contributed by atoms with E-state index < -0.39 is 23.4 Å². The lowest BCUT2D eigenvalue weighted by Gasteiger charge is -2.25. The second-order valence-corrected chi connectivity index (χ2v) is 6.79. The number of carbonyl (C=O) groups is 3. The van der Waals surface area contributed by atoms with Gasteiger partial charge < -0.3 is 10.6 Å². The number of carbonyl (C=O) groups excluding carboxylic acids is 3. The van der Waals surface area contributed by atoms with Crippen molar-refractivity contribution in [1.29, 1.82) is 0 Å². The van der Waals surface area contributed by atoms with E-state index in [1.807, 2.05) is 13.0 Å². The van der Waals surface area contributed by atoms with Crippen molar-refractivity contribution in [2.24, 2.45) is 0 Å². The van der Waals surface area contributed by atoms with Crippen LogP contribution < -0.4 is 10.6 Å². The molecule has 3 rings (SSSR count). The molecule has 1 heterocycles. The zero-order valence-corrected chi connectivity index (χ0v) is 15.7. The van der Waals surface area contributed by atoms with Crippen LogP contribution in [0.3, 0.4) is 0 Å². The molecule has 0 unspecified atom stereocenters.